The minimum absolute atomic E-state index is 0.643. The fraction of sp³-hybridized carbons (Fsp3) is 0. The highest BCUT2D eigenvalue weighted by atomic mass is 32.1. The van der Waals surface area contributed by atoms with E-state index in [2.05, 4.69) is 11.1 Å². The maximum Gasteiger partial charge on any atom is 0.124 e. The summed E-state index contributed by atoms with van der Waals surface area (Å²) in [5.41, 5.74) is 9.97. The van der Waals surface area contributed by atoms with Gasteiger partial charge in [0.1, 0.15) is 5.01 Å². The van der Waals surface area contributed by atoms with E-state index >= 15 is 0 Å². The van der Waals surface area contributed by atoms with Crippen molar-refractivity contribution in [2.45, 2.75) is 0 Å². The highest BCUT2D eigenvalue weighted by Crippen LogP contribution is 2.29. The third-order valence-electron chi connectivity index (χ3n) is 2.95. The Hall–Kier alpha value is -2.64. The van der Waals surface area contributed by atoms with Crippen LogP contribution in [-0.4, -0.2) is 4.98 Å². The summed E-state index contributed by atoms with van der Waals surface area (Å²) >= 11 is 1.58. The van der Waals surface area contributed by atoms with Crippen LogP contribution in [0.15, 0.2) is 53.9 Å². The third kappa shape index (κ3) is 2.40. The zero-order chi connectivity index (χ0) is 13.9. The maximum absolute atomic E-state index is 8.94. The van der Waals surface area contributed by atoms with Crippen LogP contribution in [0, 0.1) is 11.3 Å². The predicted molar refractivity (Wildman–Crippen MR) is 82.1 cm³/mol. The zero-order valence-electron chi connectivity index (χ0n) is 10.6. The van der Waals surface area contributed by atoms with E-state index in [0.29, 0.717) is 5.56 Å². The molecule has 1 heterocycles. The second-order valence-electron chi connectivity index (χ2n) is 4.35. The van der Waals surface area contributed by atoms with Gasteiger partial charge in [0, 0.05) is 22.2 Å². The summed E-state index contributed by atoms with van der Waals surface area (Å²) in [6, 6.07) is 17.3. The summed E-state index contributed by atoms with van der Waals surface area (Å²) in [6.07, 6.45) is 0. The van der Waals surface area contributed by atoms with Crippen LogP contribution < -0.4 is 5.73 Å². The van der Waals surface area contributed by atoms with Crippen molar-refractivity contribution in [2.24, 2.45) is 0 Å². The number of hydrogen-bond donors (Lipinski definition) is 1. The van der Waals surface area contributed by atoms with Gasteiger partial charge in [0.05, 0.1) is 17.3 Å². The van der Waals surface area contributed by atoms with Crippen molar-refractivity contribution in [1.82, 2.24) is 4.98 Å². The molecule has 0 saturated carbocycles. The lowest BCUT2D eigenvalue weighted by Gasteiger charge is -1.98. The topological polar surface area (TPSA) is 62.7 Å². The van der Waals surface area contributed by atoms with Crippen molar-refractivity contribution in [2.75, 3.05) is 5.73 Å². The summed E-state index contributed by atoms with van der Waals surface area (Å²) in [5, 5.41) is 11.9. The molecule has 3 aromatic rings. The molecule has 0 spiro atoms. The molecule has 0 aliphatic heterocycles. The smallest absolute Gasteiger partial charge is 0.124 e. The average Bonchev–Trinajstić information content (AvgIpc) is 2.98. The van der Waals surface area contributed by atoms with Crippen molar-refractivity contribution >= 4 is 17.0 Å². The monoisotopic (exact) mass is 277 g/mol. The summed E-state index contributed by atoms with van der Waals surface area (Å²) < 4.78 is 0. The number of nitrogens with two attached hydrogens (primary N) is 1. The van der Waals surface area contributed by atoms with Gasteiger partial charge in [0.15, 0.2) is 0 Å². The Morgan fingerprint density at radius 2 is 1.85 bits per heavy atom. The SMILES string of the molecule is N#Cc1cccc(-c2csc(-c3ccc(N)cc3)n2)c1. The molecule has 20 heavy (non-hydrogen) atoms. The molecule has 0 unspecified atom stereocenters. The summed E-state index contributed by atoms with van der Waals surface area (Å²) in [6.45, 7) is 0. The Bertz CT molecular complexity index is 782. The lowest BCUT2D eigenvalue weighted by molar-refractivity contribution is 1.39. The lowest BCUT2D eigenvalue weighted by atomic mass is 10.1. The van der Waals surface area contributed by atoms with Crippen molar-refractivity contribution < 1.29 is 0 Å². The molecule has 2 aromatic carbocycles. The Labute approximate surface area is 121 Å². The van der Waals surface area contributed by atoms with Gasteiger partial charge >= 0.3 is 0 Å². The quantitative estimate of drug-likeness (QED) is 0.722. The van der Waals surface area contributed by atoms with E-state index in [0.717, 1.165) is 27.5 Å². The minimum Gasteiger partial charge on any atom is -0.399 e. The van der Waals surface area contributed by atoms with Crippen molar-refractivity contribution in [3.8, 4) is 27.9 Å². The Morgan fingerprint density at radius 3 is 2.60 bits per heavy atom. The fourth-order valence-corrected chi connectivity index (χ4v) is 2.75. The summed E-state index contributed by atoms with van der Waals surface area (Å²) in [7, 11) is 0. The first-order valence-electron chi connectivity index (χ1n) is 6.08. The van der Waals surface area contributed by atoms with E-state index in [4.69, 9.17) is 11.0 Å². The molecule has 0 bridgehead atoms. The second kappa shape index (κ2) is 5.16. The number of anilines is 1. The van der Waals surface area contributed by atoms with Crippen LogP contribution in [0.3, 0.4) is 0 Å². The van der Waals surface area contributed by atoms with Crippen LogP contribution in [0.25, 0.3) is 21.8 Å². The van der Waals surface area contributed by atoms with E-state index in [1.54, 1.807) is 17.4 Å². The molecule has 1 aromatic heterocycles. The zero-order valence-corrected chi connectivity index (χ0v) is 11.4. The number of thiazole rings is 1. The highest BCUT2D eigenvalue weighted by molar-refractivity contribution is 7.13. The normalized spacial score (nSPS) is 10.2. The Morgan fingerprint density at radius 1 is 1.05 bits per heavy atom. The van der Waals surface area contributed by atoms with Crippen molar-refractivity contribution in [3.63, 3.8) is 0 Å². The van der Waals surface area contributed by atoms with Gasteiger partial charge in [-0.05, 0) is 36.4 Å². The molecule has 0 amide bonds. The van der Waals surface area contributed by atoms with Crippen LogP contribution in [0.1, 0.15) is 5.56 Å². The summed E-state index contributed by atoms with van der Waals surface area (Å²) in [4.78, 5) is 4.62. The molecule has 0 radical (unpaired) electrons. The molecule has 0 aliphatic rings. The number of rotatable bonds is 2. The van der Waals surface area contributed by atoms with Crippen LogP contribution in [0.2, 0.25) is 0 Å². The van der Waals surface area contributed by atoms with E-state index in [-0.39, 0.29) is 0 Å². The third-order valence-corrected chi connectivity index (χ3v) is 3.84. The van der Waals surface area contributed by atoms with Gasteiger partial charge in [-0.15, -0.1) is 11.3 Å². The van der Waals surface area contributed by atoms with Crippen molar-refractivity contribution in [1.29, 1.82) is 5.26 Å². The first kappa shape index (κ1) is 12.4. The molecule has 96 valence electrons. The van der Waals surface area contributed by atoms with Crippen LogP contribution in [0.5, 0.6) is 0 Å². The number of hydrogen-bond acceptors (Lipinski definition) is 4. The predicted octanol–water partition coefficient (Wildman–Crippen LogP) is 3.93. The molecule has 4 heteroatoms. The first-order chi connectivity index (χ1) is 9.76. The lowest BCUT2D eigenvalue weighted by Crippen LogP contribution is -1.84. The first-order valence-corrected chi connectivity index (χ1v) is 6.96. The van der Waals surface area contributed by atoms with Gasteiger partial charge in [0.2, 0.25) is 0 Å². The maximum atomic E-state index is 8.94. The van der Waals surface area contributed by atoms with E-state index in [1.807, 2.05) is 47.8 Å². The standard InChI is InChI=1S/C16H11N3S/c17-9-11-2-1-3-13(8-11)15-10-20-16(19-15)12-4-6-14(18)7-5-12/h1-8,10H,18H2. The van der Waals surface area contributed by atoms with Crippen molar-refractivity contribution in [3.05, 3.63) is 59.5 Å². The van der Waals surface area contributed by atoms with Crippen LogP contribution in [0.4, 0.5) is 5.69 Å². The van der Waals surface area contributed by atoms with Gasteiger partial charge in [0.25, 0.3) is 0 Å². The minimum atomic E-state index is 0.643. The molecule has 3 rings (SSSR count). The molecular formula is C16H11N3S. The number of benzene rings is 2. The van der Waals surface area contributed by atoms with E-state index < -0.39 is 0 Å². The summed E-state index contributed by atoms with van der Waals surface area (Å²) in [5.74, 6) is 0. The molecular weight excluding hydrogens is 266 g/mol. The van der Waals surface area contributed by atoms with E-state index in [1.165, 1.54) is 0 Å². The average molecular weight is 277 g/mol. The van der Waals surface area contributed by atoms with Gasteiger partial charge in [-0.3, -0.25) is 0 Å². The fourth-order valence-electron chi connectivity index (χ4n) is 1.91. The largest absolute Gasteiger partial charge is 0.399 e. The number of aromatic nitrogens is 1. The highest BCUT2D eigenvalue weighted by Gasteiger charge is 2.07. The van der Waals surface area contributed by atoms with Gasteiger partial charge in [-0.25, -0.2) is 4.98 Å². The molecule has 0 saturated heterocycles. The van der Waals surface area contributed by atoms with Crippen LogP contribution >= 0.6 is 11.3 Å². The second-order valence-corrected chi connectivity index (χ2v) is 5.21. The number of nitrogens with zero attached hydrogens (tertiary/aromatic N) is 2. The van der Waals surface area contributed by atoms with Gasteiger partial charge in [-0.1, -0.05) is 12.1 Å². The van der Waals surface area contributed by atoms with Gasteiger partial charge < -0.3 is 5.73 Å². The Balaban J connectivity index is 1.97. The van der Waals surface area contributed by atoms with Crippen LogP contribution in [-0.2, 0) is 0 Å². The van der Waals surface area contributed by atoms with Gasteiger partial charge in [-0.2, -0.15) is 5.26 Å². The molecule has 3 nitrogen and oxygen atoms in total. The van der Waals surface area contributed by atoms with E-state index in [9.17, 15) is 0 Å². The molecule has 0 fully saturated rings. The number of nitriles is 1. The molecule has 2 N–H and O–H groups in total. The molecule has 0 aliphatic carbocycles. The number of nitrogen functional groups attached to an aromatic ring is 1. The Kier molecular flexibility index (Phi) is 3.20. The molecule has 0 atom stereocenters.